The molecular weight excluding hydrogens is 163 g/mol. The number of hydrogen-bond acceptors (Lipinski definition) is 0. The maximum absolute atomic E-state index is 12.8. The number of allylic oxidation sites excluding steroid dienone is 6. The van der Waals surface area contributed by atoms with Crippen molar-refractivity contribution in [1.29, 1.82) is 0 Å². The maximum Gasteiger partial charge on any atom is 0.104 e. The molecule has 0 nitrogen and oxygen atoms in total. The molecule has 0 aromatic rings. The van der Waals surface area contributed by atoms with Crippen LogP contribution in [0.1, 0.15) is 19.8 Å². The van der Waals surface area contributed by atoms with E-state index >= 15 is 0 Å². The third kappa shape index (κ3) is 2.19. The predicted molar refractivity (Wildman–Crippen MR) is 46.1 cm³/mol. The van der Waals surface area contributed by atoms with Gasteiger partial charge in [0.05, 0.1) is 0 Å². The summed E-state index contributed by atoms with van der Waals surface area (Å²) >= 11 is 5.85. The van der Waals surface area contributed by atoms with Gasteiger partial charge in [0, 0.05) is 11.5 Å². The van der Waals surface area contributed by atoms with Crippen molar-refractivity contribution in [3.8, 4) is 0 Å². The van der Waals surface area contributed by atoms with Crippen molar-refractivity contribution in [3.63, 3.8) is 0 Å². The maximum atomic E-state index is 12.8. The summed E-state index contributed by atoms with van der Waals surface area (Å²) in [4.78, 5) is 0. The summed E-state index contributed by atoms with van der Waals surface area (Å²) in [7, 11) is 0. The standard InChI is InChI=1S/C9H10ClF/c1-2-7-6-8(11)4-3-5-9(7)10/h3-5H,2,6H2,1H3. The normalized spacial score (nSPS) is 18.3. The van der Waals surface area contributed by atoms with E-state index in [9.17, 15) is 4.39 Å². The quantitative estimate of drug-likeness (QED) is 0.566. The van der Waals surface area contributed by atoms with Gasteiger partial charge in [0.15, 0.2) is 0 Å². The molecule has 0 amide bonds. The third-order valence-corrected chi connectivity index (χ3v) is 2.06. The lowest BCUT2D eigenvalue weighted by atomic mass is 10.1. The van der Waals surface area contributed by atoms with Crippen LogP contribution >= 0.6 is 11.6 Å². The lowest BCUT2D eigenvalue weighted by molar-refractivity contribution is 0.607. The van der Waals surface area contributed by atoms with E-state index in [4.69, 9.17) is 11.6 Å². The minimum atomic E-state index is -0.117. The van der Waals surface area contributed by atoms with Crippen LogP contribution < -0.4 is 0 Å². The summed E-state index contributed by atoms with van der Waals surface area (Å²) in [6.07, 6.45) is 5.99. The molecule has 60 valence electrons. The second-order valence-electron chi connectivity index (χ2n) is 2.45. The van der Waals surface area contributed by atoms with Crippen molar-refractivity contribution in [1.82, 2.24) is 0 Å². The van der Waals surface area contributed by atoms with Crippen LogP contribution in [-0.4, -0.2) is 0 Å². The molecule has 0 heterocycles. The molecule has 0 radical (unpaired) electrons. The van der Waals surface area contributed by atoms with Crippen LogP contribution in [0.5, 0.6) is 0 Å². The number of rotatable bonds is 1. The van der Waals surface area contributed by atoms with Gasteiger partial charge in [-0.05, 0) is 24.1 Å². The third-order valence-electron chi connectivity index (χ3n) is 1.67. The van der Waals surface area contributed by atoms with Crippen LogP contribution in [-0.2, 0) is 0 Å². The molecule has 0 spiro atoms. The van der Waals surface area contributed by atoms with E-state index in [1.165, 1.54) is 6.08 Å². The van der Waals surface area contributed by atoms with E-state index in [2.05, 4.69) is 0 Å². The Hall–Kier alpha value is -0.560. The Morgan fingerprint density at radius 3 is 3.00 bits per heavy atom. The van der Waals surface area contributed by atoms with Crippen molar-refractivity contribution in [3.05, 3.63) is 34.7 Å². The van der Waals surface area contributed by atoms with Crippen molar-refractivity contribution >= 4 is 11.6 Å². The molecule has 0 aromatic heterocycles. The minimum absolute atomic E-state index is 0.117. The number of hydrogen-bond donors (Lipinski definition) is 0. The van der Waals surface area contributed by atoms with E-state index < -0.39 is 0 Å². The smallest absolute Gasteiger partial charge is 0.104 e. The Labute approximate surface area is 71.1 Å². The second-order valence-corrected chi connectivity index (χ2v) is 2.86. The van der Waals surface area contributed by atoms with Gasteiger partial charge in [0.2, 0.25) is 0 Å². The van der Waals surface area contributed by atoms with Crippen LogP contribution in [0.15, 0.2) is 34.7 Å². The van der Waals surface area contributed by atoms with Crippen LogP contribution in [0.4, 0.5) is 4.39 Å². The molecule has 0 unspecified atom stereocenters. The van der Waals surface area contributed by atoms with Crippen LogP contribution in [0, 0.1) is 0 Å². The summed E-state index contributed by atoms with van der Waals surface area (Å²) < 4.78 is 12.8. The second kappa shape index (κ2) is 3.72. The van der Waals surface area contributed by atoms with Crippen LogP contribution in [0.25, 0.3) is 0 Å². The molecule has 0 fully saturated rings. The van der Waals surface area contributed by atoms with Crippen LogP contribution in [0.3, 0.4) is 0 Å². The highest BCUT2D eigenvalue weighted by Gasteiger charge is 2.05. The molecule has 0 saturated carbocycles. The molecule has 0 atom stereocenters. The average molecular weight is 173 g/mol. The molecule has 11 heavy (non-hydrogen) atoms. The lowest BCUT2D eigenvalue weighted by Crippen LogP contribution is -1.83. The van der Waals surface area contributed by atoms with Gasteiger partial charge in [-0.1, -0.05) is 24.6 Å². The van der Waals surface area contributed by atoms with Gasteiger partial charge in [-0.2, -0.15) is 0 Å². The van der Waals surface area contributed by atoms with E-state index in [-0.39, 0.29) is 5.83 Å². The molecule has 0 N–H and O–H groups in total. The van der Waals surface area contributed by atoms with Gasteiger partial charge in [-0.15, -0.1) is 0 Å². The summed E-state index contributed by atoms with van der Waals surface area (Å²) in [5.74, 6) is -0.117. The first kappa shape index (κ1) is 8.54. The SMILES string of the molecule is CCC1=C(Cl)C=CC=C(F)C1. The first-order chi connectivity index (χ1) is 5.24. The molecule has 2 heteroatoms. The monoisotopic (exact) mass is 172 g/mol. The Kier molecular flexibility index (Phi) is 2.89. The van der Waals surface area contributed by atoms with Gasteiger partial charge >= 0.3 is 0 Å². The summed E-state index contributed by atoms with van der Waals surface area (Å²) in [6.45, 7) is 1.98. The molecule has 1 rings (SSSR count). The van der Waals surface area contributed by atoms with Crippen molar-refractivity contribution in [2.45, 2.75) is 19.8 Å². The van der Waals surface area contributed by atoms with Crippen LogP contribution in [0.2, 0.25) is 0 Å². The highest BCUT2D eigenvalue weighted by Crippen LogP contribution is 2.24. The highest BCUT2D eigenvalue weighted by atomic mass is 35.5. The molecular formula is C9H10ClF. The Balaban J connectivity index is 2.89. The summed E-state index contributed by atoms with van der Waals surface area (Å²) in [6, 6.07) is 0. The zero-order valence-electron chi connectivity index (χ0n) is 6.40. The van der Waals surface area contributed by atoms with Gasteiger partial charge in [-0.3, -0.25) is 0 Å². The zero-order valence-corrected chi connectivity index (χ0v) is 7.16. The Morgan fingerprint density at radius 2 is 2.36 bits per heavy atom. The summed E-state index contributed by atoms with van der Waals surface area (Å²) in [5.41, 5.74) is 0.967. The topological polar surface area (TPSA) is 0 Å². The van der Waals surface area contributed by atoms with Gasteiger partial charge in [0.25, 0.3) is 0 Å². The minimum Gasteiger partial charge on any atom is -0.211 e. The van der Waals surface area contributed by atoms with E-state index in [1.807, 2.05) is 6.92 Å². The van der Waals surface area contributed by atoms with Gasteiger partial charge in [0.1, 0.15) is 5.83 Å². The first-order valence-electron chi connectivity index (χ1n) is 3.64. The van der Waals surface area contributed by atoms with E-state index in [0.29, 0.717) is 11.5 Å². The lowest BCUT2D eigenvalue weighted by Gasteiger charge is -2.01. The highest BCUT2D eigenvalue weighted by molar-refractivity contribution is 6.31. The summed E-state index contributed by atoms with van der Waals surface area (Å²) in [5, 5.41) is 0.677. The fourth-order valence-electron chi connectivity index (χ4n) is 0.996. The Bertz CT molecular complexity index is 236. The van der Waals surface area contributed by atoms with Gasteiger partial charge in [-0.25, -0.2) is 4.39 Å². The van der Waals surface area contributed by atoms with Crippen molar-refractivity contribution in [2.75, 3.05) is 0 Å². The zero-order chi connectivity index (χ0) is 8.27. The number of halogens is 2. The first-order valence-corrected chi connectivity index (χ1v) is 4.02. The predicted octanol–water partition coefficient (Wildman–Crippen LogP) is 3.70. The van der Waals surface area contributed by atoms with E-state index in [0.717, 1.165) is 12.0 Å². The largest absolute Gasteiger partial charge is 0.211 e. The van der Waals surface area contributed by atoms with Crippen molar-refractivity contribution in [2.24, 2.45) is 0 Å². The molecule has 1 aliphatic carbocycles. The fourth-order valence-corrected chi connectivity index (χ4v) is 1.27. The Morgan fingerprint density at radius 1 is 1.64 bits per heavy atom. The average Bonchev–Trinajstić information content (AvgIpc) is 2.13. The van der Waals surface area contributed by atoms with Gasteiger partial charge < -0.3 is 0 Å². The molecule has 1 aliphatic rings. The molecule has 0 aliphatic heterocycles. The molecule has 0 aromatic carbocycles. The molecule has 0 bridgehead atoms. The fraction of sp³-hybridized carbons (Fsp3) is 0.333. The van der Waals surface area contributed by atoms with Crippen molar-refractivity contribution < 1.29 is 4.39 Å². The molecule has 0 saturated heterocycles. The van der Waals surface area contributed by atoms with E-state index in [1.54, 1.807) is 12.2 Å².